The molecule has 1 atom stereocenters. The summed E-state index contributed by atoms with van der Waals surface area (Å²) in [5.41, 5.74) is 0.688. The lowest BCUT2D eigenvalue weighted by Gasteiger charge is -2.34. The molecule has 9 heteroatoms. The van der Waals surface area contributed by atoms with Crippen molar-refractivity contribution in [3.05, 3.63) is 24.3 Å². The van der Waals surface area contributed by atoms with E-state index in [-0.39, 0.29) is 31.0 Å². The van der Waals surface area contributed by atoms with Gasteiger partial charge in [-0.3, -0.25) is 9.59 Å². The van der Waals surface area contributed by atoms with Gasteiger partial charge < -0.3 is 29.5 Å². The second-order valence-electron chi connectivity index (χ2n) is 6.80. The Morgan fingerprint density at radius 1 is 1.00 bits per heavy atom. The van der Waals surface area contributed by atoms with Gasteiger partial charge in [0.1, 0.15) is 5.75 Å². The predicted octanol–water partition coefficient (Wildman–Crippen LogP) is -0.161. The Kier molecular flexibility index (Phi) is 8.72. The van der Waals surface area contributed by atoms with Crippen molar-refractivity contribution in [3.8, 4) is 5.75 Å². The van der Waals surface area contributed by atoms with Crippen LogP contribution < -0.4 is 15.0 Å². The van der Waals surface area contributed by atoms with E-state index < -0.39 is 0 Å². The van der Waals surface area contributed by atoms with E-state index in [0.717, 1.165) is 10.6 Å². The van der Waals surface area contributed by atoms with Crippen LogP contribution in [0.15, 0.2) is 24.3 Å². The van der Waals surface area contributed by atoms with Crippen molar-refractivity contribution in [2.45, 2.75) is 13.8 Å². The van der Waals surface area contributed by atoms with Gasteiger partial charge in [-0.15, -0.1) is 0 Å². The highest BCUT2D eigenvalue weighted by Crippen LogP contribution is 2.14. The average molecular weight is 407 g/mol. The summed E-state index contributed by atoms with van der Waals surface area (Å²) >= 11 is 0. The van der Waals surface area contributed by atoms with E-state index >= 15 is 0 Å². The van der Waals surface area contributed by atoms with Gasteiger partial charge >= 0.3 is 6.09 Å². The lowest BCUT2D eigenvalue weighted by Crippen LogP contribution is -3.14. The van der Waals surface area contributed by atoms with Gasteiger partial charge in [0.25, 0.3) is 11.8 Å². The maximum absolute atomic E-state index is 12.6. The Hall–Kier alpha value is -2.81. The molecule has 29 heavy (non-hydrogen) atoms. The van der Waals surface area contributed by atoms with Crippen LogP contribution in [0.3, 0.4) is 0 Å². The third-order valence-electron chi connectivity index (χ3n) is 4.84. The van der Waals surface area contributed by atoms with Crippen molar-refractivity contribution in [1.29, 1.82) is 0 Å². The number of carbonyl (C=O) groups is 3. The monoisotopic (exact) mass is 407 g/mol. The standard InChI is InChI=1S/C20H30N4O5/c1-4-22(14-18(25)21-16-6-8-17(28-3)9-7-16)15-19(26)23-10-12-24(13-11-23)20(27)29-5-2/h6-9H,4-5,10-15H2,1-3H3,(H,21,25)/p+1. The number of benzene rings is 1. The number of nitrogens with zero attached hydrogens (tertiary/aromatic N) is 2. The molecule has 3 amide bonds. The normalized spacial score (nSPS) is 14.9. The van der Waals surface area contributed by atoms with Crippen LogP contribution in [0.4, 0.5) is 10.5 Å². The second-order valence-corrected chi connectivity index (χ2v) is 6.80. The maximum Gasteiger partial charge on any atom is 0.409 e. The van der Waals surface area contributed by atoms with E-state index in [9.17, 15) is 14.4 Å². The molecule has 0 bridgehead atoms. The summed E-state index contributed by atoms with van der Waals surface area (Å²) in [6.07, 6.45) is -0.337. The number of likely N-dealkylation sites (N-methyl/N-ethyl adjacent to an activating group) is 1. The third-order valence-corrected chi connectivity index (χ3v) is 4.84. The molecular weight excluding hydrogens is 376 g/mol. The smallest absolute Gasteiger partial charge is 0.409 e. The minimum Gasteiger partial charge on any atom is -0.497 e. The average Bonchev–Trinajstić information content (AvgIpc) is 2.74. The number of anilines is 1. The third kappa shape index (κ3) is 6.94. The Labute approximate surface area is 171 Å². The number of hydrogen-bond acceptors (Lipinski definition) is 5. The van der Waals surface area contributed by atoms with Gasteiger partial charge in [-0.2, -0.15) is 0 Å². The largest absolute Gasteiger partial charge is 0.497 e. The number of nitrogens with one attached hydrogen (secondary N) is 2. The van der Waals surface area contributed by atoms with E-state index in [1.54, 1.807) is 48.1 Å². The van der Waals surface area contributed by atoms with Crippen molar-refractivity contribution in [2.75, 3.05) is 64.8 Å². The lowest BCUT2D eigenvalue weighted by atomic mass is 10.3. The van der Waals surface area contributed by atoms with E-state index in [2.05, 4.69) is 5.32 Å². The quantitative estimate of drug-likeness (QED) is 0.625. The van der Waals surface area contributed by atoms with Crippen molar-refractivity contribution >= 4 is 23.6 Å². The molecule has 1 saturated heterocycles. The van der Waals surface area contributed by atoms with Crippen LogP contribution in [0.5, 0.6) is 5.75 Å². The molecule has 1 aliphatic heterocycles. The molecule has 1 aromatic carbocycles. The first-order valence-electron chi connectivity index (χ1n) is 9.93. The number of rotatable bonds is 8. The molecule has 0 aliphatic carbocycles. The molecule has 1 aromatic rings. The molecule has 0 aromatic heterocycles. The molecule has 1 fully saturated rings. The molecule has 1 heterocycles. The summed E-state index contributed by atoms with van der Waals surface area (Å²) in [5, 5.41) is 2.84. The van der Waals surface area contributed by atoms with Crippen LogP contribution in [0.25, 0.3) is 0 Å². The van der Waals surface area contributed by atoms with Crippen molar-refractivity contribution in [1.82, 2.24) is 9.80 Å². The number of amides is 3. The van der Waals surface area contributed by atoms with Crippen LogP contribution >= 0.6 is 0 Å². The van der Waals surface area contributed by atoms with Gasteiger partial charge in [-0.05, 0) is 38.1 Å². The van der Waals surface area contributed by atoms with Crippen LogP contribution in [0, 0.1) is 0 Å². The van der Waals surface area contributed by atoms with E-state index in [1.165, 1.54) is 0 Å². The highest BCUT2D eigenvalue weighted by Gasteiger charge is 2.27. The fraction of sp³-hybridized carbons (Fsp3) is 0.550. The molecule has 2 N–H and O–H groups in total. The zero-order valence-electron chi connectivity index (χ0n) is 17.4. The Balaban J connectivity index is 1.79. The summed E-state index contributed by atoms with van der Waals surface area (Å²) in [5.74, 6) is 0.562. The van der Waals surface area contributed by atoms with Gasteiger partial charge in [0, 0.05) is 31.9 Å². The van der Waals surface area contributed by atoms with Crippen LogP contribution in [0.2, 0.25) is 0 Å². The summed E-state index contributed by atoms with van der Waals surface area (Å²) in [7, 11) is 1.59. The summed E-state index contributed by atoms with van der Waals surface area (Å²) < 4.78 is 10.1. The summed E-state index contributed by atoms with van der Waals surface area (Å²) in [4.78, 5) is 40.9. The Morgan fingerprint density at radius 3 is 2.17 bits per heavy atom. The van der Waals surface area contributed by atoms with Gasteiger partial charge in [-0.1, -0.05) is 0 Å². The Bertz CT molecular complexity index is 687. The van der Waals surface area contributed by atoms with Crippen molar-refractivity contribution in [3.63, 3.8) is 0 Å². The molecule has 0 radical (unpaired) electrons. The van der Waals surface area contributed by atoms with E-state index in [1.807, 2.05) is 6.92 Å². The fourth-order valence-electron chi connectivity index (χ4n) is 3.10. The van der Waals surface area contributed by atoms with Crippen LogP contribution in [0.1, 0.15) is 13.8 Å². The van der Waals surface area contributed by atoms with Crippen LogP contribution in [-0.4, -0.2) is 87.2 Å². The van der Waals surface area contributed by atoms with Gasteiger partial charge in [0.15, 0.2) is 13.1 Å². The second kappa shape index (κ2) is 11.3. The van der Waals surface area contributed by atoms with Crippen LogP contribution in [-0.2, 0) is 14.3 Å². The number of piperazine rings is 1. The fourth-order valence-corrected chi connectivity index (χ4v) is 3.10. The molecule has 1 aliphatic rings. The van der Waals surface area contributed by atoms with E-state index in [0.29, 0.717) is 45.0 Å². The van der Waals surface area contributed by atoms with Gasteiger partial charge in [-0.25, -0.2) is 4.79 Å². The molecule has 1 unspecified atom stereocenters. The molecule has 0 spiro atoms. The first kappa shape index (κ1) is 22.5. The number of ether oxygens (including phenoxy) is 2. The summed E-state index contributed by atoms with van der Waals surface area (Å²) in [6.45, 7) is 7.04. The first-order chi connectivity index (χ1) is 14.0. The highest BCUT2D eigenvalue weighted by atomic mass is 16.6. The molecular formula is C20H31N4O5+. The molecule has 0 saturated carbocycles. The highest BCUT2D eigenvalue weighted by molar-refractivity contribution is 5.91. The number of carbonyl (C=O) groups excluding carboxylic acids is 3. The van der Waals surface area contributed by atoms with Gasteiger partial charge in [0.05, 0.1) is 20.3 Å². The number of methoxy groups -OCH3 is 1. The minimum atomic E-state index is -0.337. The predicted molar refractivity (Wildman–Crippen MR) is 108 cm³/mol. The molecule has 9 nitrogen and oxygen atoms in total. The zero-order chi connectivity index (χ0) is 21.2. The zero-order valence-corrected chi connectivity index (χ0v) is 17.4. The maximum atomic E-state index is 12.6. The topological polar surface area (TPSA) is 92.6 Å². The lowest BCUT2D eigenvalue weighted by molar-refractivity contribution is -0.882. The number of quaternary nitrogens is 1. The first-order valence-corrected chi connectivity index (χ1v) is 9.93. The van der Waals surface area contributed by atoms with Gasteiger partial charge in [0.2, 0.25) is 0 Å². The molecule has 2 rings (SSSR count). The SMILES string of the molecule is CCOC(=O)N1CCN(C(=O)C[NH+](CC)CC(=O)Nc2ccc(OC)cc2)CC1. The molecule has 160 valence electrons. The summed E-state index contributed by atoms with van der Waals surface area (Å²) in [6, 6.07) is 7.10. The minimum absolute atomic E-state index is 0.0115. The Morgan fingerprint density at radius 2 is 1.62 bits per heavy atom. The van der Waals surface area contributed by atoms with E-state index in [4.69, 9.17) is 9.47 Å². The number of hydrogen-bond donors (Lipinski definition) is 2. The van der Waals surface area contributed by atoms with Crippen molar-refractivity contribution < 1.29 is 28.8 Å². The van der Waals surface area contributed by atoms with Crippen molar-refractivity contribution in [2.24, 2.45) is 0 Å².